The normalized spacial score (nSPS) is 30.7. The zero-order valence-electron chi connectivity index (χ0n) is 6.96. The molecular formula is C8H16OS. The second kappa shape index (κ2) is 5.78. The summed E-state index contributed by atoms with van der Waals surface area (Å²) >= 11 is 1.78. The highest BCUT2D eigenvalue weighted by atomic mass is 32.2. The number of hydrogen-bond donors (Lipinski definition) is 0. The van der Waals surface area contributed by atoms with Gasteiger partial charge >= 0.3 is 0 Å². The van der Waals surface area contributed by atoms with E-state index in [2.05, 4.69) is 6.92 Å². The van der Waals surface area contributed by atoms with Crippen LogP contribution < -0.4 is 0 Å². The van der Waals surface area contributed by atoms with Crippen LogP contribution in [0.2, 0.25) is 0 Å². The van der Waals surface area contributed by atoms with Gasteiger partial charge in [0, 0.05) is 0 Å². The molecule has 1 nitrogen and oxygen atoms in total. The van der Waals surface area contributed by atoms with Gasteiger partial charge in [-0.2, -0.15) is 11.8 Å². The number of carbonyl (C=O) groups excluding carboxylic acids is 1. The van der Waals surface area contributed by atoms with Crippen molar-refractivity contribution in [3.05, 3.63) is 0 Å². The van der Waals surface area contributed by atoms with Crippen molar-refractivity contribution in [3.63, 3.8) is 0 Å². The maximum absolute atomic E-state index is 10.2. The fourth-order valence-corrected chi connectivity index (χ4v) is 2.22. The van der Waals surface area contributed by atoms with Crippen molar-refractivity contribution in [2.45, 2.75) is 32.4 Å². The molecule has 1 heterocycles. The van der Waals surface area contributed by atoms with Crippen LogP contribution in [0, 0.1) is 5.92 Å². The molecule has 1 aliphatic heterocycles. The van der Waals surface area contributed by atoms with Crippen LogP contribution in [-0.4, -0.2) is 17.3 Å². The van der Waals surface area contributed by atoms with E-state index in [-0.39, 0.29) is 0 Å². The third-order valence-electron chi connectivity index (χ3n) is 1.58. The summed E-state index contributed by atoms with van der Waals surface area (Å²) in [6.45, 7) is 6.14. The number of hydrogen-bond acceptors (Lipinski definition) is 2. The van der Waals surface area contributed by atoms with Crippen LogP contribution in [0.4, 0.5) is 0 Å². The van der Waals surface area contributed by atoms with Gasteiger partial charge < -0.3 is 4.79 Å². The molecule has 2 atom stereocenters. The fourth-order valence-electron chi connectivity index (χ4n) is 0.892. The van der Waals surface area contributed by atoms with E-state index < -0.39 is 0 Å². The highest BCUT2D eigenvalue weighted by molar-refractivity contribution is 8.00. The first-order valence-electron chi connectivity index (χ1n) is 3.91. The molecule has 0 bridgehead atoms. The highest BCUT2D eigenvalue weighted by Crippen LogP contribution is 2.29. The van der Waals surface area contributed by atoms with Crippen molar-refractivity contribution in [2.24, 2.45) is 5.92 Å². The van der Waals surface area contributed by atoms with Crippen LogP contribution >= 0.6 is 11.8 Å². The molecule has 10 heavy (non-hydrogen) atoms. The Morgan fingerprint density at radius 1 is 1.50 bits per heavy atom. The smallest absolute Gasteiger partial charge is 0.133 e. The summed E-state index contributed by atoms with van der Waals surface area (Å²) in [5.41, 5.74) is 0. The van der Waals surface area contributed by atoms with Gasteiger partial charge in [0.1, 0.15) is 6.29 Å². The van der Waals surface area contributed by atoms with Crippen molar-refractivity contribution in [3.8, 4) is 0 Å². The molecule has 0 N–H and O–H groups in total. The van der Waals surface area contributed by atoms with Crippen LogP contribution in [0.25, 0.3) is 0 Å². The van der Waals surface area contributed by atoms with E-state index in [1.54, 1.807) is 11.8 Å². The summed E-state index contributed by atoms with van der Waals surface area (Å²) in [5.74, 6) is 1.79. The Labute approximate surface area is 67.6 Å². The molecule has 0 radical (unpaired) electrons. The lowest BCUT2D eigenvalue weighted by molar-refractivity contribution is -0.107. The van der Waals surface area contributed by atoms with Gasteiger partial charge in [0.05, 0.1) is 5.25 Å². The first-order valence-corrected chi connectivity index (χ1v) is 4.96. The number of carbonyl (C=O) groups is 1. The maximum Gasteiger partial charge on any atom is 0.133 e. The quantitative estimate of drug-likeness (QED) is 0.548. The molecule has 0 spiro atoms. The lowest BCUT2D eigenvalue weighted by Crippen LogP contribution is -2.07. The molecular weight excluding hydrogens is 144 g/mol. The van der Waals surface area contributed by atoms with Crippen LogP contribution in [0.15, 0.2) is 0 Å². The third-order valence-corrected chi connectivity index (χ3v) is 3.01. The average Bonchev–Trinajstić information content (AvgIpc) is 2.39. The Bertz CT molecular complexity index is 93.3. The van der Waals surface area contributed by atoms with E-state index in [1.165, 1.54) is 12.2 Å². The molecule has 2 unspecified atom stereocenters. The van der Waals surface area contributed by atoms with Crippen LogP contribution in [0.1, 0.15) is 27.2 Å². The number of thioether (sulfide) groups is 1. The van der Waals surface area contributed by atoms with Gasteiger partial charge in [0.2, 0.25) is 0 Å². The van der Waals surface area contributed by atoms with Crippen molar-refractivity contribution in [1.82, 2.24) is 0 Å². The first kappa shape index (κ1) is 10.0. The predicted octanol–water partition coefficient (Wildman–Crippen LogP) is 2.35. The van der Waals surface area contributed by atoms with Crippen molar-refractivity contribution in [1.29, 1.82) is 0 Å². The Morgan fingerprint density at radius 2 is 2.10 bits per heavy atom. The molecule has 0 aromatic carbocycles. The SMILES string of the molecule is CC.CC1CCSC1C=O. The Kier molecular flexibility index (Phi) is 5.79. The van der Waals surface area contributed by atoms with E-state index in [0.717, 1.165) is 6.29 Å². The molecule has 0 aliphatic carbocycles. The fraction of sp³-hybridized carbons (Fsp3) is 0.875. The first-order chi connectivity index (χ1) is 4.84. The van der Waals surface area contributed by atoms with Gasteiger partial charge in [0.15, 0.2) is 0 Å². The minimum Gasteiger partial charge on any atom is -0.302 e. The third kappa shape index (κ3) is 2.74. The van der Waals surface area contributed by atoms with Gasteiger partial charge in [-0.15, -0.1) is 0 Å². The monoisotopic (exact) mass is 160 g/mol. The van der Waals surface area contributed by atoms with Gasteiger partial charge in [-0.05, 0) is 18.1 Å². The van der Waals surface area contributed by atoms with E-state index in [1.807, 2.05) is 13.8 Å². The van der Waals surface area contributed by atoms with E-state index in [4.69, 9.17) is 0 Å². The Hall–Kier alpha value is 0.0200. The molecule has 1 rings (SSSR count). The molecule has 0 saturated carbocycles. The van der Waals surface area contributed by atoms with Crippen molar-refractivity contribution >= 4 is 18.0 Å². The molecule has 60 valence electrons. The predicted molar refractivity (Wildman–Crippen MR) is 47.4 cm³/mol. The second-order valence-corrected chi connectivity index (χ2v) is 3.52. The van der Waals surface area contributed by atoms with Gasteiger partial charge in [-0.1, -0.05) is 20.8 Å². The highest BCUT2D eigenvalue weighted by Gasteiger charge is 2.22. The Morgan fingerprint density at radius 3 is 2.30 bits per heavy atom. The maximum atomic E-state index is 10.2. The molecule has 0 aromatic heterocycles. The van der Waals surface area contributed by atoms with Crippen LogP contribution in [0.5, 0.6) is 0 Å². The second-order valence-electron chi connectivity index (χ2n) is 2.24. The number of aldehydes is 1. The molecule has 0 aromatic rings. The zero-order valence-corrected chi connectivity index (χ0v) is 7.78. The molecule has 1 fully saturated rings. The summed E-state index contributed by atoms with van der Waals surface area (Å²) in [4.78, 5) is 10.2. The lowest BCUT2D eigenvalue weighted by Gasteiger charge is -2.02. The van der Waals surface area contributed by atoms with Gasteiger partial charge in [0.25, 0.3) is 0 Å². The summed E-state index contributed by atoms with van der Waals surface area (Å²) in [6, 6.07) is 0. The van der Waals surface area contributed by atoms with Crippen LogP contribution in [-0.2, 0) is 4.79 Å². The standard InChI is InChI=1S/C6H10OS.C2H6/c1-5-2-3-8-6(5)4-7;1-2/h4-6H,2-3H2,1H3;1-2H3. The summed E-state index contributed by atoms with van der Waals surface area (Å²) in [7, 11) is 0. The molecule has 0 amide bonds. The molecule has 1 aliphatic rings. The van der Waals surface area contributed by atoms with Crippen LogP contribution in [0.3, 0.4) is 0 Å². The summed E-state index contributed by atoms with van der Waals surface area (Å²) < 4.78 is 0. The largest absolute Gasteiger partial charge is 0.302 e. The minimum atomic E-state index is 0.301. The van der Waals surface area contributed by atoms with Gasteiger partial charge in [-0.3, -0.25) is 0 Å². The van der Waals surface area contributed by atoms with Crippen molar-refractivity contribution < 1.29 is 4.79 Å². The van der Waals surface area contributed by atoms with Crippen molar-refractivity contribution in [2.75, 3.05) is 5.75 Å². The van der Waals surface area contributed by atoms with E-state index in [0.29, 0.717) is 11.2 Å². The van der Waals surface area contributed by atoms with E-state index >= 15 is 0 Å². The van der Waals surface area contributed by atoms with E-state index in [9.17, 15) is 4.79 Å². The number of rotatable bonds is 1. The summed E-state index contributed by atoms with van der Waals surface area (Å²) in [5, 5.41) is 0.301. The Balaban J connectivity index is 0.000000371. The zero-order chi connectivity index (χ0) is 7.98. The van der Waals surface area contributed by atoms with Gasteiger partial charge in [-0.25, -0.2) is 0 Å². The minimum absolute atomic E-state index is 0.301. The topological polar surface area (TPSA) is 17.1 Å². The lowest BCUT2D eigenvalue weighted by atomic mass is 10.1. The summed E-state index contributed by atoms with van der Waals surface area (Å²) in [6.07, 6.45) is 2.29. The molecule has 1 saturated heterocycles. The molecule has 2 heteroatoms. The average molecular weight is 160 g/mol.